The van der Waals surface area contributed by atoms with Gasteiger partial charge >= 0.3 is 0 Å². The molecule has 1 aromatic rings. The topological polar surface area (TPSA) is 62.5 Å². The average molecular weight is 249 g/mol. The van der Waals surface area contributed by atoms with E-state index in [0.29, 0.717) is 12.2 Å². The molecular formula is C14H19NO3. The Morgan fingerprint density at radius 3 is 3.00 bits per heavy atom. The second kappa shape index (κ2) is 6.40. The summed E-state index contributed by atoms with van der Waals surface area (Å²) in [5, 5.41) is 12.1. The predicted octanol–water partition coefficient (Wildman–Crippen LogP) is 2.32. The van der Waals surface area contributed by atoms with E-state index in [-0.39, 0.29) is 12.5 Å². The van der Waals surface area contributed by atoms with Crippen molar-refractivity contribution in [2.45, 2.75) is 38.1 Å². The van der Waals surface area contributed by atoms with Gasteiger partial charge in [0.25, 0.3) is 0 Å². The van der Waals surface area contributed by atoms with Crippen LogP contribution in [0.25, 0.3) is 0 Å². The third kappa shape index (κ3) is 3.47. The van der Waals surface area contributed by atoms with Crippen LogP contribution in [-0.4, -0.2) is 17.6 Å². The lowest BCUT2D eigenvalue weighted by Gasteiger charge is -2.16. The van der Waals surface area contributed by atoms with Gasteiger partial charge in [-0.05, 0) is 37.8 Å². The molecule has 0 bridgehead atoms. The SMILES string of the molecule is O=C(CC1=CCCCC1)NC(CO)c1ccco1. The van der Waals surface area contributed by atoms with Crippen molar-refractivity contribution in [3.05, 3.63) is 35.8 Å². The summed E-state index contributed by atoms with van der Waals surface area (Å²) in [6, 6.07) is 3.05. The Balaban J connectivity index is 1.87. The van der Waals surface area contributed by atoms with Crippen LogP contribution in [0.15, 0.2) is 34.5 Å². The van der Waals surface area contributed by atoms with Crippen LogP contribution in [-0.2, 0) is 4.79 Å². The van der Waals surface area contributed by atoms with Crippen molar-refractivity contribution in [2.75, 3.05) is 6.61 Å². The maximum absolute atomic E-state index is 11.9. The first-order valence-electron chi connectivity index (χ1n) is 6.41. The highest BCUT2D eigenvalue weighted by Gasteiger charge is 2.17. The molecule has 1 amide bonds. The molecule has 98 valence electrons. The van der Waals surface area contributed by atoms with Gasteiger partial charge in [0.15, 0.2) is 0 Å². The number of hydrogen-bond acceptors (Lipinski definition) is 3. The quantitative estimate of drug-likeness (QED) is 0.787. The molecule has 0 saturated heterocycles. The summed E-state index contributed by atoms with van der Waals surface area (Å²) in [5.74, 6) is 0.530. The highest BCUT2D eigenvalue weighted by molar-refractivity contribution is 5.78. The van der Waals surface area contributed by atoms with E-state index >= 15 is 0 Å². The van der Waals surface area contributed by atoms with Gasteiger partial charge in [0.2, 0.25) is 5.91 Å². The number of aliphatic hydroxyl groups is 1. The van der Waals surface area contributed by atoms with E-state index in [9.17, 15) is 9.90 Å². The van der Waals surface area contributed by atoms with E-state index in [1.54, 1.807) is 12.1 Å². The number of nitrogens with one attached hydrogen (secondary N) is 1. The van der Waals surface area contributed by atoms with Gasteiger partial charge in [0.05, 0.1) is 12.9 Å². The standard InChI is InChI=1S/C14H19NO3/c16-10-12(13-7-4-8-18-13)15-14(17)9-11-5-2-1-3-6-11/h4-5,7-8,12,16H,1-3,6,9-10H2,(H,15,17). The first-order chi connectivity index (χ1) is 8.79. The first kappa shape index (κ1) is 12.9. The van der Waals surface area contributed by atoms with E-state index in [1.165, 1.54) is 24.7 Å². The van der Waals surface area contributed by atoms with Crippen LogP contribution in [0, 0.1) is 0 Å². The molecule has 0 saturated carbocycles. The second-order valence-electron chi connectivity index (χ2n) is 4.60. The number of aliphatic hydroxyl groups excluding tert-OH is 1. The van der Waals surface area contributed by atoms with Gasteiger partial charge in [-0.2, -0.15) is 0 Å². The maximum atomic E-state index is 11.9. The van der Waals surface area contributed by atoms with E-state index in [4.69, 9.17) is 4.42 Å². The van der Waals surface area contributed by atoms with Crippen LogP contribution in [0.3, 0.4) is 0 Å². The van der Waals surface area contributed by atoms with E-state index in [0.717, 1.165) is 12.8 Å². The zero-order valence-electron chi connectivity index (χ0n) is 10.4. The lowest BCUT2D eigenvalue weighted by Crippen LogP contribution is -2.30. The van der Waals surface area contributed by atoms with Crippen molar-refractivity contribution in [1.29, 1.82) is 0 Å². The van der Waals surface area contributed by atoms with E-state index < -0.39 is 6.04 Å². The van der Waals surface area contributed by atoms with Gasteiger partial charge in [0.1, 0.15) is 11.8 Å². The van der Waals surface area contributed by atoms with Crippen molar-refractivity contribution in [3.63, 3.8) is 0 Å². The van der Waals surface area contributed by atoms with E-state index in [2.05, 4.69) is 11.4 Å². The number of carbonyl (C=O) groups is 1. The Labute approximate surface area is 107 Å². The lowest BCUT2D eigenvalue weighted by atomic mass is 9.97. The van der Waals surface area contributed by atoms with Crippen molar-refractivity contribution < 1.29 is 14.3 Å². The summed E-state index contributed by atoms with van der Waals surface area (Å²) < 4.78 is 5.19. The van der Waals surface area contributed by atoms with Crippen molar-refractivity contribution in [3.8, 4) is 0 Å². The summed E-state index contributed by atoms with van der Waals surface area (Å²) in [6.45, 7) is -0.154. The normalized spacial score (nSPS) is 17.1. The van der Waals surface area contributed by atoms with Crippen molar-refractivity contribution in [2.24, 2.45) is 0 Å². The smallest absolute Gasteiger partial charge is 0.224 e. The molecule has 4 nitrogen and oxygen atoms in total. The van der Waals surface area contributed by atoms with E-state index in [1.807, 2.05) is 0 Å². The zero-order chi connectivity index (χ0) is 12.8. The van der Waals surface area contributed by atoms with Gasteiger partial charge < -0.3 is 14.8 Å². The number of carbonyl (C=O) groups excluding carboxylic acids is 1. The molecule has 0 radical (unpaired) electrons. The summed E-state index contributed by atoms with van der Waals surface area (Å²) >= 11 is 0. The van der Waals surface area contributed by atoms with Crippen LogP contribution in [0.5, 0.6) is 0 Å². The largest absolute Gasteiger partial charge is 0.467 e. The summed E-state index contributed by atoms with van der Waals surface area (Å²) in [7, 11) is 0. The van der Waals surface area contributed by atoms with Crippen LogP contribution in [0.2, 0.25) is 0 Å². The fourth-order valence-corrected chi connectivity index (χ4v) is 2.21. The van der Waals surface area contributed by atoms with Gasteiger partial charge in [-0.15, -0.1) is 0 Å². The molecule has 0 spiro atoms. The van der Waals surface area contributed by atoms with Gasteiger partial charge in [-0.25, -0.2) is 0 Å². The van der Waals surface area contributed by atoms with Crippen LogP contribution >= 0.6 is 0 Å². The molecule has 0 fully saturated rings. The monoisotopic (exact) mass is 249 g/mol. The zero-order valence-corrected chi connectivity index (χ0v) is 10.4. The third-order valence-electron chi connectivity index (χ3n) is 3.18. The highest BCUT2D eigenvalue weighted by Crippen LogP contribution is 2.20. The molecular weight excluding hydrogens is 230 g/mol. The summed E-state index contributed by atoms with van der Waals surface area (Å²) in [5.41, 5.74) is 1.20. The minimum absolute atomic E-state index is 0.0569. The molecule has 0 aromatic carbocycles. The van der Waals surface area contributed by atoms with Gasteiger partial charge in [-0.3, -0.25) is 4.79 Å². The van der Waals surface area contributed by atoms with Gasteiger partial charge in [0, 0.05) is 6.42 Å². The van der Waals surface area contributed by atoms with Crippen molar-refractivity contribution >= 4 is 5.91 Å². The first-order valence-corrected chi connectivity index (χ1v) is 6.41. The molecule has 18 heavy (non-hydrogen) atoms. The lowest BCUT2D eigenvalue weighted by molar-refractivity contribution is -0.121. The summed E-state index contributed by atoms with van der Waals surface area (Å²) in [4.78, 5) is 11.9. The number of allylic oxidation sites excluding steroid dienone is 1. The minimum atomic E-state index is -0.448. The molecule has 0 aliphatic heterocycles. The second-order valence-corrected chi connectivity index (χ2v) is 4.60. The van der Waals surface area contributed by atoms with Crippen LogP contribution < -0.4 is 5.32 Å². The fourth-order valence-electron chi connectivity index (χ4n) is 2.21. The Morgan fingerprint density at radius 2 is 2.39 bits per heavy atom. The number of furan rings is 1. The number of amides is 1. The molecule has 1 aliphatic carbocycles. The highest BCUT2D eigenvalue weighted by atomic mass is 16.3. The Hall–Kier alpha value is -1.55. The van der Waals surface area contributed by atoms with Crippen LogP contribution in [0.1, 0.15) is 43.9 Å². The number of hydrogen-bond donors (Lipinski definition) is 2. The van der Waals surface area contributed by atoms with Crippen LogP contribution in [0.4, 0.5) is 0 Å². The molecule has 2 N–H and O–H groups in total. The Kier molecular flexibility index (Phi) is 4.59. The number of rotatable bonds is 5. The fraction of sp³-hybridized carbons (Fsp3) is 0.500. The molecule has 4 heteroatoms. The molecule has 1 heterocycles. The Morgan fingerprint density at radius 1 is 1.50 bits per heavy atom. The Bertz CT molecular complexity index is 409. The third-order valence-corrected chi connectivity index (χ3v) is 3.18. The molecule has 1 atom stereocenters. The predicted molar refractivity (Wildman–Crippen MR) is 67.8 cm³/mol. The summed E-state index contributed by atoms with van der Waals surface area (Å²) in [6.07, 6.45) is 8.59. The molecule has 1 aromatic heterocycles. The molecule has 1 unspecified atom stereocenters. The van der Waals surface area contributed by atoms with Crippen molar-refractivity contribution in [1.82, 2.24) is 5.32 Å². The van der Waals surface area contributed by atoms with Gasteiger partial charge in [-0.1, -0.05) is 11.6 Å². The molecule has 2 rings (SSSR count). The minimum Gasteiger partial charge on any atom is -0.467 e. The molecule has 1 aliphatic rings. The average Bonchev–Trinajstić information content (AvgIpc) is 2.91. The maximum Gasteiger partial charge on any atom is 0.224 e.